The van der Waals surface area contributed by atoms with Gasteiger partial charge in [0.1, 0.15) is 0 Å². The first-order valence-electron chi connectivity index (χ1n) is 9.20. The second-order valence-electron chi connectivity index (χ2n) is 6.75. The Labute approximate surface area is 161 Å². The van der Waals surface area contributed by atoms with Crippen LogP contribution in [0.3, 0.4) is 0 Å². The van der Waals surface area contributed by atoms with E-state index < -0.39 is 28.9 Å². The molecule has 2 aromatic rings. The molecule has 1 heterocycles. The summed E-state index contributed by atoms with van der Waals surface area (Å²) in [7, 11) is 0. The number of carbonyl (C=O) groups excluding carboxylic acids is 2. The van der Waals surface area contributed by atoms with E-state index in [0.29, 0.717) is 44.6 Å². The SMILES string of the molecule is O=C(CCCN1CCN(C(=O)c2ccc(F)c(F)c2F)CC1)c1ccccc1. The third-order valence-electron chi connectivity index (χ3n) is 4.90. The predicted octanol–water partition coefficient (Wildman–Crippen LogP) is 3.52. The van der Waals surface area contributed by atoms with Crippen LogP contribution in [0.25, 0.3) is 0 Å². The Morgan fingerprint density at radius 3 is 2.21 bits per heavy atom. The smallest absolute Gasteiger partial charge is 0.257 e. The van der Waals surface area contributed by atoms with Crippen LogP contribution < -0.4 is 0 Å². The average molecular weight is 390 g/mol. The van der Waals surface area contributed by atoms with Gasteiger partial charge in [-0.2, -0.15) is 0 Å². The van der Waals surface area contributed by atoms with E-state index in [2.05, 4.69) is 4.90 Å². The van der Waals surface area contributed by atoms with Gasteiger partial charge in [-0.1, -0.05) is 30.3 Å². The van der Waals surface area contributed by atoms with E-state index in [1.54, 1.807) is 12.1 Å². The van der Waals surface area contributed by atoms with Gasteiger partial charge in [-0.05, 0) is 25.1 Å². The molecule has 0 spiro atoms. The van der Waals surface area contributed by atoms with Gasteiger partial charge >= 0.3 is 0 Å². The molecule has 2 aromatic carbocycles. The van der Waals surface area contributed by atoms with Crippen LogP contribution in [0.5, 0.6) is 0 Å². The summed E-state index contributed by atoms with van der Waals surface area (Å²) in [5.41, 5.74) is 0.243. The van der Waals surface area contributed by atoms with Crippen LogP contribution in [0, 0.1) is 17.5 Å². The summed E-state index contributed by atoms with van der Waals surface area (Å²) in [5, 5.41) is 0. The zero-order valence-electron chi connectivity index (χ0n) is 15.3. The standard InChI is InChI=1S/C21H21F3N2O2/c22-17-9-8-16(19(23)20(17)24)21(28)26-13-11-25(12-14-26)10-4-7-18(27)15-5-2-1-3-6-15/h1-3,5-6,8-9H,4,7,10-14H2. The van der Waals surface area contributed by atoms with E-state index in [0.717, 1.165) is 18.7 Å². The van der Waals surface area contributed by atoms with E-state index in [9.17, 15) is 22.8 Å². The highest BCUT2D eigenvalue weighted by Crippen LogP contribution is 2.18. The molecule has 28 heavy (non-hydrogen) atoms. The van der Waals surface area contributed by atoms with Crippen molar-refractivity contribution in [1.29, 1.82) is 0 Å². The number of piperazine rings is 1. The molecule has 148 valence electrons. The van der Waals surface area contributed by atoms with E-state index >= 15 is 0 Å². The van der Waals surface area contributed by atoms with Crippen LogP contribution in [-0.2, 0) is 0 Å². The van der Waals surface area contributed by atoms with Gasteiger partial charge in [0, 0.05) is 38.2 Å². The lowest BCUT2D eigenvalue weighted by Crippen LogP contribution is -2.49. The van der Waals surface area contributed by atoms with Gasteiger partial charge in [-0.3, -0.25) is 14.5 Å². The molecule has 7 heteroatoms. The molecule has 0 N–H and O–H groups in total. The fourth-order valence-corrected chi connectivity index (χ4v) is 3.27. The van der Waals surface area contributed by atoms with Crippen molar-refractivity contribution in [3.63, 3.8) is 0 Å². The minimum Gasteiger partial charge on any atom is -0.336 e. The minimum atomic E-state index is -1.63. The number of halogens is 3. The van der Waals surface area contributed by atoms with Crippen LogP contribution in [0.15, 0.2) is 42.5 Å². The molecular formula is C21H21F3N2O2. The summed E-state index contributed by atoms with van der Waals surface area (Å²) in [6.45, 7) is 2.61. The van der Waals surface area contributed by atoms with Gasteiger partial charge in [-0.15, -0.1) is 0 Å². The summed E-state index contributed by atoms with van der Waals surface area (Å²) < 4.78 is 40.2. The molecule has 0 bridgehead atoms. The lowest BCUT2D eigenvalue weighted by molar-refractivity contribution is 0.0629. The number of carbonyl (C=O) groups is 2. The summed E-state index contributed by atoms with van der Waals surface area (Å²) in [6, 6.07) is 10.8. The Balaban J connectivity index is 1.46. The lowest BCUT2D eigenvalue weighted by atomic mass is 10.1. The van der Waals surface area contributed by atoms with Crippen LogP contribution >= 0.6 is 0 Å². The second-order valence-corrected chi connectivity index (χ2v) is 6.75. The minimum absolute atomic E-state index is 0.100. The van der Waals surface area contributed by atoms with Crippen molar-refractivity contribution >= 4 is 11.7 Å². The topological polar surface area (TPSA) is 40.6 Å². The predicted molar refractivity (Wildman–Crippen MR) is 98.7 cm³/mol. The maximum absolute atomic E-state index is 13.8. The van der Waals surface area contributed by atoms with E-state index in [-0.39, 0.29) is 5.78 Å². The zero-order chi connectivity index (χ0) is 20.1. The third kappa shape index (κ3) is 4.59. The van der Waals surface area contributed by atoms with E-state index in [4.69, 9.17) is 0 Å². The molecule has 1 aliphatic rings. The first-order valence-corrected chi connectivity index (χ1v) is 9.20. The Morgan fingerprint density at radius 2 is 1.54 bits per heavy atom. The Bertz CT molecular complexity index is 850. The van der Waals surface area contributed by atoms with Crippen molar-refractivity contribution in [3.8, 4) is 0 Å². The second kappa shape index (κ2) is 9.01. The maximum Gasteiger partial charge on any atom is 0.257 e. The molecule has 0 aromatic heterocycles. The van der Waals surface area contributed by atoms with Crippen LogP contribution in [0.1, 0.15) is 33.6 Å². The summed E-state index contributed by atoms with van der Waals surface area (Å²) in [4.78, 5) is 28.0. The molecule has 0 aliphatic carbocycles. The molecule has 1 saturated heterocycles. The normalized spacial score (nSPS) is 14.9. The van der Waals surface area contributed by atoms with Gasteiger partial charge in [0.05, 0.1) is 5.56 Å². The first kappa shape index (κ1) is 20.1. The molecule has 0 atom stereocenters. The van der Waals surface area contributed by atoms with Crippen molar-refractivity contribution in [2.45, 2.75) is 12.8 Å². The number of amides is 1. The number of benzene rings is 2. The highest BCUT2D eigenvalue weighted by molar-refractivity contribution is 5.96. The lowest BCUT2D eigenvalue weighted by Gasteiger charge is -2.34. The number of hydrogen-bond donors (Lipinski definition) is 0. The summed E-state index contributed by atoms with van der Waals surface area (Å²) >= 11 is 0. The largest absolute Gasteiger partial charge is 0.336 e. The molecule has 4 nitrogen and oxygen atoms in total. The van der Waals surface area contributed by atoms with Gasteiger partial charge in [0.15, 0.2) is 23.2 Å². The quantitative estimate of drug-likeness (QED) is 0.560. The molecule has 1 amide bonds. The van der Waals surface area contributed by atoms with Gasteiger partial charge in [0.25, 0.3) is 5.91 Å². The summed E-state index contributed by atoms with van der Waals surface area (Å²) in [6.07, 6.45) is 1.16. The fourth-order valence-electron chi connectivity index (χ4n) is 3.27. The number of hydrogen-bond acceptors (Lipinski definition) is 3. The van der Waals surface area contributed by atoms with Crippen molar-refractivity contribution in [3.05, 3.63) is 71.0 Å². The molecule has 0 radical (unpaired) electrons. The molecule has 0 saturated carbocycles. The third-order valence-corrected chi connectivity index (χ3v) is 4.90. The van der Waals surface area contributed by atoms with Gasteiger partial charge in [-0.25, -0.2) is 13.2 Å². The number of rotatable bonds is 6. The molecule has 1 aliphatic heterocycles. The molecule has 1 fully saturated rings. The van der Waals surface area contributed by atoms with Crippen LogP contribution in [-0.4, -0.2) is 54.2 Å². The zero-order valence-corrected chi connectivity index (χ0v) is 15.3. The fraction of sp³-hybridized carbons (Fsp3) is 0.333. The van der Waals surface area contributed by atoms with E-state index in [1.807, 2.05) is 18.2 Å². The van der Waals surface area contributed by atoms with Crippen LogP contribution in [0.2, 0.25) is 0 Å². The first-order chi connectivity index (χ1) is 13.5. The summed E-state index contributed by atoms with van der Waals surface area (Å²) in [5.74, 6) is -4.94. The highest BCUT2D eigenvalue weighted by atomic mass is 19.2. The molecule has 0 unspecified atom stereocenters. The number of nitrogens with zero attached hydrogens (tertiary/aromatic N) is 2. The van der Waals surface area contributed by atoms with Crippen molar-refractivity contribution < 1.29 is 22.8 Å². The highest BCUT2D eigenvalue weighted by Gasteiger charge is 2.26. The molecular weight excluding hydrogens is 369 g/mol. The average Bonchev–Trinajstić information content (AvgIpc) is 2.73. The Morgan fingerprint density at radius 1 is 0.857 bits per heavy atom. The number of Topliss-reactive ketones (excluding diaryl/α,β-unsaturated/α-hetero) is 1. The van der Waals surface area contributed by atoms with Crippen molar-refractivity contribution in [2.24, 2.45) is 0 Å². The van der Waals surface area contributed by atoms with Crippen molar-refractivity contribution in [1.82, 2.24) is 9.80 Å². The van der Waals surface area contributed by atoms with Gasteiger partial charge in [0.2, 0.25) is 0 Å². The van der Waals surface area contributed by atoms with Crippen molar-refractivity contribution in [2.75, 3.05) is 32.7 Å². The van der Waals surface area contributed by atoms with E-state index in [1.165, 1.54) is 4.90 Å². The van der Waals surface area contributed by atoms with Crippen LogP contribution in [0.4, 0.5) is 13.2 Å². The Kier molecular flexibility index (Phi) is 6.46. The Hall–Kier alpha value is -2.67. The monoisotopic (exact) mass is 390 g/mol. The van der Waals surface area contributed by atoms with Gasteiger partial charge < -0.3 is 4.90 Å². The molecule has 3 rings (SSSR count). The maximum atomic E-state index is 13.8. The number of ketones is 1.